The molecule has 2 aromatic carbocycles. The van der Waals surface area contributed by atoms with Crippen LogP contribution in [0.15, 0.2) is 72.8 Å². The highest BCUT2D eigenvalue weighted by atomic mass is 14.7. The maximum absolute atomic E-state index is 5.99. The molecule has 0 amide bonds. The molecule has 92 valence electrons. The fourth-order valence-corrected chi connectivity index (χ4v) is 2.07. The van der Waals surface area contributed by atoms with Crippen molar-refractivity contribution in [2.45, 2.75) is 0 Å². The van der Waals surface area contributed by atoms with Crippen molar-refractivity contribution in [3.05, 3.63) is 72.8 Å². The smallest absolute Gasteiger partial charge is 0.0730 e. The number of aromatic nitrogens is 1. The van der Waals surface area contributed by atoms with Gasteiger partial charge in [-0.1, -0.05) is 60.7 Å². The van der Waals surface area contributed by atoms with Crippen LogP contribution in [-0.4, -0.2) is 4.98 Å². The molecule has 0 unspecified atom stereocenters. The average Bonchev–Trinajstić information content (AvgIpc) is 2.48. The van der Waals surface area contributed by atoms with Crippen LogP contribution in [0.25, 0.3) is 22.5 Å². The largest absolute Gasteiger partial charge is 0.399 e. The predicted molar refractivity (Wildman–Crippen MR) is 79.5 cm³/mol. The van der Waals surface area contributed by atoms with Crippen LogP contribution in [-0.2, 0) is 0 Å². The van der Waals surface area contributed by atoms with Gasteiger partial charge < -0.3 is 5.73 Å². The predicted octanol–water partition coefficient (Wildman–Crippen LogP) is 4.00. The van der Waals surface area contributed by atoms with Gasteiger partial charge >= 0.3 is 0 Å². The molecule has 1 heterocycles. The second-order valence-corrected chi connectivity index (χ2v) is 4.40. The van der Waals surface area contributed by atoms with Gasteiger partial charge in [-0.2, -0.15) is 0 Å². The zero-order valence-electron chi connectivity index (χ0n) is 10.5. The van der Waals surface area contributed by atoms with Crippen molar-refractivity contribution in [2.24, 2.45) is 0 Å². The summed E-state index contributed by atoms with van der Waals surface area (Å²) in [6.45, 7) is 0. The van der Waals surface area contributed by atoms with E-state index in [1.165, 1.54) is 0 Å². The second kappa shape index (κ2) is 4.94. The van der Waals surface area contributed by atoms with E-state index in [0.29, 0.717) is 0 Å². The van der Waals surface area contributed by atoms with Crippen molar-refractivity contribution in [1.82, 2.24) is 4.98 Å². The molecule has 2 heteroatoms. The highest BCUT2D eigenvalue weighted by molar-refractivity contribution is 5.71. The standard InChI is InChI=1S/C17H14N2/c18-15-11-16(13-7-3-1-4-8-13)19-17(12-15)14-9-5-2-6-10-14/h1-12H,(H2,18,19). The van der Waals surface area contributed by atoms with E-state index < -0.39 is 0 Å². The summed E-state index contributed by atoms with van der Waals surface area (Å²) >= 11 is 0. The number of hydrogen-bond donors (Lipinski definition) is 1. The maximum atomic E-state index is 5.99. The Kier molecular flexibility index (Phi) is 2.99. The summed E-state index contributed by atoms with van der Waals surface area (Å²) in [5, 5.41) is 0. The van der Waals surface area contributed by atoms with Crippen LogP contribution >= 0.6 is 0 Å². The second-order valence-electron chi connectivity index (χ2n) is 4.40. The molecular weight excluding hydrogens is 232 g/mol. The monoisotopic (exact) mass is 246 g/mol. The zero-order chi connectivity index (χ0) is 13.1. The fraction of sp³-hybridized carbons (Fsp3) is 0. The lowest BCUT2D eigenvalue weighted by Gasteiger charge is -2.07. The summed E-state index contributed by atoms with van der Waals surface area (Å²) in [4.78, 5) is 4.69. The lowest BCUT2D eigenvalue weighted by molar-refractivity contribution is 1.32. The minimum absolute atomic E-state index is 0.729. The molecule has 3 rings (SSSR count). The minimum Gasteiger partial charge on any atom is -0.399 e. The van der Waals surface area contributed by atoms with Crippen LogP contribution < -0.4 is 5.73 Å². The first kappa shape index (κ1) is 11.5. The number of nitrogens with zero attached hydrogens (tertiary/aromatic N) is 1. The third kappa shape index (κ3) is 2.47. The van der Waals surface area contributed by atoms with E-state index in [0.717, 1.165) is 28.2 Å². The molecule has 19 heavy (non-hydrogen) atoms. The summed E-state index contributed by atoms with van der Waals surface area (Å²) in [6, 6.07) is 24.0. The molecule has 0 atom stereocenters. The normalized spacial score (nSPS) is 10.3. The molecule has 0 radical (unpaired) electrons. The van der Waals surface area contributed by atoms with Gasteiger partial charge in [-0.05, 0) is 12.1 Å². The van der Waals surface area contributed by atoms with Gasteiger partial charge in [-0.25, -0.2) is 4.98 Å². The molecule has 2 N–H and O–H groups in total. The van der Waals surface area contributed by atoms with Crippen molar-refractivity contribution in [1.29, 1.82) is 0 Å². The number of hydrogen-bond acceptors (Lipinski definition) is 2. The summed E-state index contributed by atoms with van der Waals surface area (Å²) in [7, 11) is 0. The Labute approximate surface area is 112 Å². The number of nitrogens with two attached hydrogens (primary N) is 1. The van der Waals surface area contributed by atoms with Crippen molar-refractivity contribution >= 4 is 5.69 Å². The number of benzene rings is 2. The Hall–Kier alpha value is -2.61. The van der Waals surface area contributed by atoms with Crippen LogP contribution in [0.3, 0.4) is 0 Å². The quantitative estimate of drug-likeness (QED) is 0.742. The summed E-state index contributed by atoms with van der Waals surface area (Å²) in [5.74, 6) is 0. The molecule has 0 fully saturated rings. The third-order valence-electron chi connectivity index (χ3n) is 2.99. The van der Waals surface area contributed by atoms with Crippen molar-refractivity contribution in [3.63, 3.8) is 0 Å². The lowest BCUT2D eigenvalue weighted by atomic mass is 10.1. The maximum Gasteiger partial charge on any atom is 0.0730 e. The number of nitrogen functional groups attached to an aromatic ring is 1. The van der Waals surface area contributed by atoms with Crippen LogP contribution in [0, 0.1) is 0 Å². The average molecular weight is 246 g/mol. The van der Waals surface area contributed by atoms with Crippen LogP contribution in [0.5, 0.6) is 0 Å². The first-order valence-corrected chi connectivity index (χ1v) is 6.21. The lowest BCUT2D eigenvalue weighted by Crippen LogP contribution is -1.93. The minimum atomic E-state index is 0.729. The molecular formula is C17H14N2. The zero-order valence-corrected chi connectivity index (χ0v) is 10.5. The first-order valence-electron chi connectivity index (χ1n) is 6.21. The molecule has 0 saturated heterocycles. The van der Waals surface area contributed by atoms with Crippen LogP contribution in [0.2, 0.25) is 0 Å². The number of anilines is 1. The van der Waals surface area contributed by atoms with Crippen molar-refractivity contribution in [3.8, 4) is 22.5 Å². The van der Waals surface area contributed by atoms with Gasteiger partial charge in [0.25, 0.3) is 0 Å². The van der Waals surface area contributed by atoms with E-state index in [9.17, 15) is 0 Å². The summed E-state index contributed by atoms with van der Waals surface area (Å²) in [6.07, 6.45) is 0. The molecule has 0 saturated carbocycles. The third-order valence-corrected chi connectivity index (χ3v) is 2.99. The number of rotatable bonds is 2. The van der Waals surface area contributed by atoms with E-state index in [1.807, 2.05) is 72.8 Å². The molecule has 0 aliphatic heterocycles. The Balaban J connectivity index is 2.12. The van der Waals surface area contributed by atoms with Gasteiger partial charge in [0.05, 0.1) is 11.4 Å². The van der Waals surface area contributed by atoms with E-state index in [2.05, 4.69) is 0 Å². The Morgan fingerprint density at radius 2 is 1.05 bits per heavy atom. The van der Waals surface area contributed by atoms with E-state index in [4.69, 9.17) is 10.7 Å². The molecule has 0 aliphatic rings. The van der Waals surface area contributed by atoms with Gasteiger partial charge in [0.1, 0.15) is 0 Å². The van der Waals surface area contributed by atoms with Crippen molar-refractivity contribution < 1.29 is 0 Å². The molecule has 0 spiro atoms. The molecule has 3 aromatic rings. The summed E-state index contributed by atoms with van der Waals surface area (Å²) < 4.78 is 0. The van der Waals surface area contributed by atoms with Crippen molar-refractivity contribution in [2.75, 3.05) is 5.73 Å². The van der Waals surface area contributed by atoms with Crippen LogP contribution in [0.4, 0.5) is 5.69 Å². The Morgan fingerprint density at radius 3 is 1.47 bits per heavy atom. The Morgan fingerprint density at radius 1 is 0.632 bits per heavy atom. The van der Waals surface area contributed by atoms with Crippen LogP contribution in [0.1, 0.15) is 0 Å². The van der Waals surface area contributed by atoms with Gasteiger partial charge in [-0.3, -0.25) is 0 Å². The van der Waals surface area contributed by atoms with Gasteiger partial charge in [0.2, 0.25) is 0 Å². The molecule has 0 bridgehead atoms. The molecule has 1 aromatic heterocycles. The van der Waals surface area contributed by atoms with Gasteiger partial charge in [0, 0.05) is 16.8 Å². The van der Waals surface area contributed by atoms with Gasteiger partial charge in [0.15, 0.2) is 0 Å². The topological polar surface area (TPSA) is 38.9 Å². The number of pyridine rings is 1. The van der Waals surface area contributed by atoms with Gasteiger partial charge in [-0.15, -0.1) is 0 Å². The SMILES string of the molecule is Nc1cc(-c2ccccc2)nc(-c2ccccc2)c1. The Bertz CT molecular complexity index is 618. The molecule has 0 aliphatic carbocycles. The van der Waals surface area contributed by atoms with E-state index in [-0.39, 0.29) is 0 Å². The first-order chi connectivity index (χ1) is 9.33. The fourth-order valence-electron chi connectivity index (χ4n) is 2.07. The van der Waals surface area contributed by atoms with E-state index in [1.54, 1.807) is 0 Å². The highest BCUT2D eigenvalue weighted by Gasteiger charge is 2.04. The van der Waals surface area contributed by atoms with E-state index >= 15 is 0 Å². The molecule has 2 nitrogen and oxygen atoms in total. The highest BCUT2D eigenvalue weighted by Crippen LogP contribution is 2.25. The summed E-state index contributed by atoms with van der Waals surface area (Å²) in [5.41, 5.74) is 10.7.